The Labute approximate surface area is 210 Å². The fourth-order valence-electron chi connectivity index (χ4n) is 3.81. The number of aromatic amines is 1. The number of nitrogens with one attached hydrogen (secondary N) is 2. The fraction of sp³-hybridized carbons (Fsp3) is 0.320. The van der Waals surface area contributed by atoms with Crippen LogP contribution >= 0.6 is 11.6 Å². The number of halogens is 4. The SMILES string of the molecule is CCOC(=O)c1[nH]c2cc(Cl)ccc2c1C(C(=O)NC(C)(C)C)N(C=O)Cc1c(F)ccc(F)c1F. The van der Waals surface area contributed by atoms with Crippen LogP contribution < -0.4 is 5.32 Å². The smallest absolute Gasteiger partial charge is 0.355 e. The number of hydrogen-bond acceptors (Lipinski definition) is 4. The molecule has 0 spiro atoms. The Morgan fingerprint density at radius 2 is 1.83 bits per heavy atom. The first-order valence-electron chi connectivity index (χ1n) is 11.0. The van der Waals surface area contributed by atoms with Crippen LogP contribution in [-0.4, -0.2) is 40.3 Å². The Kier molecular flexibility index (Phi) is 7.98. The summed E-state index contributed by atoms with van der Waals surface area (Å²) in [7, 11) is 0. The number of nitrogens with zero attached hydrogens (tertiary/aromatic N) is 1. The summed E-state index contributed by atoms with van der Waals surface area (Å²) in [5, 5.41) is 3.41. The molecule has 2 N–H and O–H groups in total. The number of benzene rings is 2. The minimum Gasteiger partial charge on any atom is -0.461 e. The molecule has 1 atom stereocenters. The van der Waals surface area contributed by atoms with E-state index in [1.807, 2.05) is 0 Å². The van der Waals surface area contributed by atoms with Gasteiger partial charge in [0, 0.05) is 32.6 Å². The molecule has 7 nitrogen and oxygen atoms in total. The maximum atomic E-state index is 14.5. The lowest BCUT2D eigenvalue weighted by Gasteiger charge is -2.31. The first kappa shape index (κ1) is 27.1. The van der Waals surface area contributed by atoms with Gasteiger partial charge in [0.1, 0.15) is 17.6 Å². The molecule has 36 heavy (non-hydrogen) atoms. The first-order valence-corrected chi connectivity index (χ1v) is 11.4. The van der Waals surface area contributed by atoms with Crippen LogP contribution in [0.15, 0.2) is 30.3 Å². The van der Waals surface area contributed by atoms with Crippen molar-refractivity contribution >= 4 is 40.8 Å². The second-order valence-electron chi connectivity index (χ2n) is 9.07. The Hall–Kier alpha value is -3.53. The molecule has 0 aliphatic rings. The molecule has 0 saturated heterocycles. The lowest BCUT2D eigenvalue weighted by atomic mass is 9.98. The van der Waals surface area contributed by atoms with Crippen LogP contribution in [0.4, 0.5) is 13.2 Å². The molecule has 3 rings (SSSR count). The van der Waals surface area contributed by atoms with Crippen molar-refractivity contribution in [2.75, 3.05) is 6.61 Å². The highest BCUT2D eigenvalue weighted by molar-refractivity contribution is 6.31. The molecule has 0 saturated carbocycles. The van der Waals surface area contributed by atoms with Gasteiger partial charge in [-0.1, -0.05) is 17.7 Å². The average molecular weight is 524 g/mol. The van der Waals surface area contributed by atoms with Crippen LogP contribution in [0.1, 0.15) is 55.4 Å². The van der Waals surface area contributed by atoms with Gasteiger partial charge in [0.25, 0.3) is 0 Å². The van der Waals surface area contributed by atoms with Gasteiger partial charge in [0.05, 0.1) is 13.2 Å². The Morgan fingerprint density at radius 1 is 1.17 bits per heavy atom. The molecule has 1 aromatic heterocycles. The molecule has 11 heteroatoms. The second kappa shape index (κ2) is 10.6. The van der Waals surface area contributed by atoms with Gasteiger partial charge in [0.15, 0.2) is 11.6 Å². The highest BCUT2D eigenvalue weighted by atomic mass is 35.5. The van der Waals surface area contributed by atoms with Gasteiger partial charge in [-0.3, -0.25) is 9.59 Å². The third kappa shape index (κ3) is 5.64. The highest BCUT2D eigenvalue weighted by Gasteiger charge is 2.36. The molecule has 1 heterocycles. The van der Waals surface area contributed by atoms with Crippen molar-refractivity contribution in [2.45, 2.75) is 45.8 Å². The average Bonchev–Trinajstić information content (AvgIpc) is 3.15. The highest BCUT2D eigenvalue weighted by Crippen LogP contribution is 2.35. The summed E-state index contributed by atoms with van der Waals surface area (Å²) in [6, 6.07) is 4.35. The van der Waals surface area contributed by atoms with Crippen molar-refractivity contribution in [1.82, 2.24) is 15.2 Å². The summed E-state index contributed by atoms with van der Waals surface area (Å²) in [6.45, 7) is 5.89. The number of hydrogen-bond donors (Lipinski definition) is 2. The lowest BCUT2D eigenvalue weighted by Crippen LogP contribution is -2.47. The van der Waals surface area contributed by atoms with E-state index in [2.05, 4.69) is 10.3 Å². The zero-order valence-corrected chi connectivity index (χ0v) is 20.8. The molecule has 0 radical (unpaired) electrons. The summed E-state index contributed by atoms with van der Waals surface area (Å²) in [4.78, 5) is 42.4. The quantitative estimate of drug-likeness (QED) is 0.246. The molecule has 0 aliphatic carbocycles. The van der Waals surface area contributed by atoms with Crippen molar-refractivity contribution in [3.63, 3.8) is 0 Å². The van der Waals surface area contributed by atoms with Crippen LogP contribution in [0, 0.1) is 17.5 Å². The van der Waals surface area contributed by atoms with Gasteiger partial charge in [-0.05, 0) is 52.0 Å². The number of aromatic nitrogens is 1. The molecular formula is C25H25ClF3N3O4. The van der Waals surface area contributed by atoms with Gasteiger partial charge >= 0.3 is 5.97 Å². The number of rotatable bonds is 8. The second-order valence-corrected chi connectivity index (χ2v) is 9.50. The third-order valence-corrected chi connectivity index (χ3v) is 5.48. The van der Waals surface area contributed by atoms with Crippen molar-refractivity contribution < 1.29 is 32.3 Å². The Balaban J connectivity index is 2.27. The van der Waals surface area contributed by atoms with E-state index in [1.165, 1.54) is 18.2 Å². The fourth-order valence-corrected chi connectivity index (χ4v) is 3.98. The van der Waals surface area contributed by atoms with E-state index < -0.39 is 53.0 Å². The lowest BCUT2D eigenvalue weighted by molar-refractivity contribution is -0.134. The van der Waals surface area contributed by atoms with Gasteiger partial charge in [0.2, 0.25) is 12.3 Å². The van der Waals surface area contributed by atoms with Crippen LogP contribution in [-0.2, 0) is 20.9 Å². The van der Waals surface area contributed by atoms with Gasteiger partial charge in [-0.2, -0.15) is 0 Å². The van der Waals surface area contributed by atoms with Crippen molar-refractivity contribution in [1.29, 1.82) is 0 Å². The summed E-state index contributed by atoms with van der Waals surface area (Å²) in [5.74, 6) is -5.47. The Morgan fingerprint density at radius 3 is 2.44 bits per heavy atom. The Bertz CT molecular complexity index is 1320. The summed E-state index contributed by atoms with van der Waals surface area (Å²) >= 11 is 6.10. The maximum absolute atomic E-state index is 14.5. The number of ether oxygens (including phenoxy) is 1. The van der Waals surface area contributed by atoms with Crippen molar-refractivity contribution in [2.24, 2.45) is 0 Å². The van der Waals surface area contributed by atoms with Crippen molar-refractivity contribution in [3.05, 3.63) is 69.6 Å². The molecular weight excluding hydrogens is 499 g/mol. The number of carbonyl (C=O) groups excluding carboxylic acids is 3. The molecule has 192 valence electrons. The van der Waals surface area contributed by atoms with Crippen molar-refractivity contribution in [3.8, 4) is 0 Å². The predicted octanol–water partition coefficient (Wildman–Crippen LogP) is 5.03. The van der Waals surface area contributed by atoms with Crippen LogP contribution in [0.2, 0.25) is 5.02 Å². The number of H-pyrrole nitrogens is 1. The number of amides is 2. The van der Waals surface area contributed by atoms with Crippen LogP contribution in [0.25, 0.3) is 10.9 Å². The minimum atomic E-state index is -1.56. The summed E-state index contributed by atoms with van der Waals surface area (Å²) < 4.78 is 48.0. The predicted molar refractivity (Wildman–Crippen MR) is 128 cm³/mol. The van der Waals surface area contributed by atoms with Gasteiger partial charge in [-0.15, -0.1) is 0 Å². The largest absolute Gasteiger partial charge is 0.461 e. The monoisotopic (exact) mass is 523 g/mol. The molecule has 2 amide bonds. The van der Waals surface area contributed by atoms with E-state index >= 15 is 0 Å². The van der Waals surface area contributed by atoms with E-state index in [4.69, 9.17) is 16.3 Å². The van der Waals surface area contributed by atoms with Crippen LogP contribution in [0.5, 0.6) is 0 Å². The zero-order valence-electron chi connectivity index (χ0n) is 20.0. The normalized spacial score (nSPS) is 12.3. The van der Waals surface area contributed by atoms with Crippen LogP contribution in [0.3, 0.4) is 0 Å². The number of esters is 1. The summed E-state index contributed by atoms with van der Waals surface area (Å²) in [6.07, 6.45) is 0.209. The van der Waals surface area contributed by atoms with E-state index in [0.29, 0.717) is 22.0 Å². The summed E-state index contributed by atoms with van der Waals surface area (Å²) in [5.41, 5.74) is -1.28. The molecule has 0 aliphatic heterocycles. The zero-order chi connectivity index (χ0) is 26.8. The maximum Gasteiger partial charge on any atom is 0.355 e. The topological polar surface area (TPSA) is 91.5 Å². The van der Waals surface area contributed by atoms with E-state index in [9.17, 15) is 27.6 Å². The molecule has 0 fully saturated rings. The van der Waals surface area contributed by atoms with Gasteiger partial charge in [-0.25, -0.2) is 18.0 Å². The standard InChI is InChI=1S/C25H25ClF3N3O4/c1-5-36-24(35)21-19(14-7-6-13(26)10-18(14)30-21)22(23(34)31-25(2,3)4)32(12-33)11-15-16(27)8-9-17(28)20(15)29/h6-10,12,22,30H,5,11H2,1-4H3,(H,31,34). The number of carbonyl (C=O) groups is 3. The minimum absolute atomic E-state index is 0.0182. The van der Waals surface area contributed by atoms with E-state index in [0.717, 1.165) is 11.0 Å². The third-order valence-electron chi connectivity index (χ3n) is 5.25. The first-order chi connectivity index (χ1) is 16.9. The number of fused-ring (bicyclic) bond motifs is 1. The van der Waals surface area contributed by atoms with Gasteiger partial charge < -0.3 is 19.9 Å². The van der Waals surface area contributed by atoms with E-state index in [1.54, 1.807) is 27.7 Å². The van der Waals surface area contributed by atoms with E-state index in [-0.39, 0.29) is 24.3 Å². The molecule has 2 aromatic carbocycles. The molecule has 0 bridgehead atoms. The molecule has 1 unspecified atom stereocenters. The molecule has 3 aromatic rings.